The summed E-state index contributed by atoms with van der Waals surface area (Å²) in [6, 6.07) is 5.33. The summed E-state index contributed by atoms with van der Waals surface area (Å²) in [6.45, 7) is 0.119. The topological polar surface area (TPSA) is 84.9 Å². The van der Waals surface area contributed by atoms with E-state index in [0.717, 1.165) is 5.56 Å². The highest BCUT2D eigenvalue weighted by Crippen LogP contribution is 2.27. The lowest BCUT2D eigenvalue weighted by Crippen LogP contribution is -2.21. The second-order valence-electron chi connectivity index (χ2n) is 3.34. The van der Waals surface area contributed by atoms with E-state index in [1.165, 1.54) is 7.11 Å². The Hall–Kier alpha value is -1.30. The zero-order valence-electron chi connectivity index (χ0n) is 9.22. The first kappa shape index (κ1) is 12.8. The van der Waals surface area contributed by atoms with Gasteiger partial charge in [-0.1, -0.05) is 6.07 Å². The lowest BCUT2D eigenvalue weighted by atomic mass is 10.2. The van der Waals surface area contributed by atoms with Crippen LogP contribution in [-0.2, 0) is 6.54 Å². The van der Waals surface area contributed by atoms with Gasteiger partial charge in [-0.05, 0) is 17.7 Å². The summed E-state index contributed by atoms with van der Waals surface area (Å²) in [5.74, 6) is 1.08. The number of hydrogen-bond acceptors (Lipinski definition) is 5. The Morgan fingerprint density at radius 1 is 1.38 bits per heavy atom. The van der Waals surface area contributed by atoms with E-state index in [-0.39, 0.29) is 13.2 Å². The summed E-state index contributed by atoms with van der Waals surface area (Å²) in [5.41, 5.74) is 6.43. The number of aliphatic hydroxyl groups excluding tert-OH is 2. The summed E-state index contributed by atoms with van der Waals surface area (Å²) < 4.78 is 10.4. The molecule has 4 N–H and O–H groups in total. The number of ether oxygens (including phenoxy) is 2. The first-order valence-corrected chi connectivity index (χ1v) is 5.00. The van der Waals surface area contributed by atoms with E-state index in [9.17, 15) is 0 Å². The summed E-state index contributed by atoms with van der Waals surface area (Å²) in [4.78, 5) is 0. The summed E-state index contributed by atoms with van der Waals surface area (Å²) in [6.07, 6.45) is -0.890. The number of nitrogens with two attached hydrogens (primary N) is 1. The van der Waals surface area contributed by atoms with E-state index >= 15 is 0 Å². The van der Waals surface area contributed by atoms with Crippen LogP contribution in [0.2, 0.25) is 0 Å². The maximum absolute atomic E-state index is 9.15. The molecule has 0 radical (unpaired) electrons. The molecule has 0 spiro atoms. The van der Waals surface area contributed by atoms with Crippen LogP contribution in [0.25, 0.3) is 0 Å². The molecule has 1 rings (SSSR count). The molecular formula is C11H17NO4. The molecule has 1 aromatic carbocycles. The largest absolute Gasteiger partial charge is 0.493 e. The predicted molar refractivity (Wildman–Crippen MR) is 59.5 cm³/mol. The predicted octanol–water partition coefficient (Wildman–Crippen LogP) is -0.114. The number of rotatable bonds is 6. The highest BCUT2D eigenvalue weighted by atomic mass is 16.5. The molecule has 0 aliphatic carbocycles. The quantitative estimate of drug-likeness (QED) is 0.631. The molecule has 1 unspecified atom stereocenters. The van der Waals surface area contributed by atoms with Gasteiger partial charge in [0.1, 0.15) is 12.7 Å². The van der Waals surface area contributed by atoms with E-state index in [1.807, 2.05) is 6.07 Å². The third-order valence-electron chi connectivity index (χ3n) is 2.11. The number of benzene rings is 1. The second-order valence-corrected chi connectivity index (χ2v) is 3.34. The van der Waals surface area contributed by atoms with Gasteiger partial charge in [-0.3, -0.25) is 0 Å². The van der Waals surface area contributed by atoms with Crippen molar-refractivity contribution in [1.82, 2.24) is 0 Å². The average molecular weight is 227 g/mol. The van der Waals surface area contributed by atoms with Crippen molar-refractivity contribution in [2.75, 3.05) is 20.3 Å². The summed E-state index contributed by atoms with van der Waals surface area (Å²) in [7, 11) is 1.53. The molecule has 1 aromatic rings. The van der Waals surface area contributed by atoms with Crippen molar-refractivity contribution < 1.29 is 19.7 Å². The van der Waals surface area contributed by atoms with E-state index in [2.05, 4.69) is 0 Å². The van der Waals surface area contributed by atoms with Crippen LogP contribution < -0.4 is 15.2 Å². The van der Waals surface area contributed by atoms with Crippen LogP contribution in [0.3, 0.4) is 0 Å². The minimum Gasteiger partial charge on any atom is -0.493 e. The van der Waals surface area contributed by atoms with E-state index < -0.39 is 6.10 Å². The number of aliphatic hydroxyl groups is 2. The van der Waals surface area contributed by atoms with Gasteiger partial charge in [0.15, 0.2) is 11.5 Å². The van der Waals surface area contributed by atoms with Gasteiger partial charge in [-0.2, -0.15) is 0 Å². The Morgan fingerprint density at radius 3 is 2.69 bits per heavy atom. The maximum Gasteiger partial charge on any atom is 0.161 e. The average Bonchev–Trinajstić information content (AvgIpc) is 2.35. The van der Waals surface area contributed by atoms with Crippen molar-refractivity contribution in [2.45, 2.75) is 12.6 Å². The van der Waals surface area contributed by atoms with Gasteiger partial charge in [0.05, 0.1) is 13.7 Å². The van der Waals surface area contributed by atoms with Gasteiger partial charge in [0, 0.05) is 6.54 Å². The zero-order valence-corrected chi connectivity index (χ0v) is 9.22. The first-order chi connectivity index (χ1) is 7.71. The summed E-state index contributed by atoms with van der Waals surface area (Å²) >= 11 is 0. The number of methoxy groups -OCH3 is 1. The monoisotopic (exact) mass is 227 g/mol. The molecule has 0 saturated carbocycles. The van der Waals surface area contributed by atoms with Crippen LogP contribution in [0, 0.1) is 0 Å². The molecule has 1 atom stereocenters. The fourth-order valence-corrected chi connectivity index (χ4v) is 1.20. The molecule has 5 nitrogen and oxygen atoms in total. The van der Waals surface area contributed by atoms with E-state index in [1.54, 1.807) is 12.1 Å². The lowest BCUT2D eigenvalue weighted by Gasteiger charge is -2.13. The van der Waals surface area contributed by atoms with E-state index in [0.29, 0.717) is 18.0 Å². The minimum absolute atomic E-state index is 0.0227. The second kappa shape index (κ2) is 6.32. The van der Waals surface area contributed by atoms with Gasteiger partial charge in [-0.25, -0.2) is 0 Å². The van der Waals surface area contributed by atoms with Gasteiger partial charge in [-0.15, -0.1) is 0 Å². The standard InChI is InChI=1S/C11H17NO4/c1-15-11-4-8(5-12)2-3-10(11)16-7-9(14)6-13/h2-4,9,13-14H,5-7,12H2,1H3. The molecule has 0 aliphatic heterocycles. The molecule has 0 fully saturated rings. The van der Waals surface area contributed by atoms with Crippen LogP contribution in [0.4, 0.5) is 0 Å². The van der Waals surface area contributed by atoms with Gasteiger partial charge in [0.2, 0.25) is 0 Å². The first-order valence-electron chi connectivity index (χ1n) is 5.00. The van der Waals surface area contributed by atoms with Crippen molar-refractivity contribution >= 4 is 0 Å². The fourth-order valence-electron chi connectivity index (χ4n) is 1.20. The Balaban J connectivity index is 2.71. The SMILES string of the molecule is COc1cc(CN)ccc1OCC(O)CO. The molecule has 16 heavy (non-hydrogen) atoms. The highest BCUT2D eigenvalue weighted by Gasteiger charge is 2.08. The van der Waals surface area contributed by atoms with Crippen LogP contribution >= 0.6 is 0 Å². The zero-order chi connectivity index (χ0) is 12.0. The normalized spacial score (nSPS) is 12.2. The van der Waals surface area contributed by atoms with Crippen molar-refractivity contribution in [3.63, 3.8) is 0 Å². The van der Waals surface area contributed by atoms with Crippen molar-refractivity contribution in [3.05, 3.63) is 23.8 Å². The van der Waals surface area contributed by atoms with Gasteiger partial charge < -0.3 is 25.4 Å². The van der Waals surface area contributed by atoms with Crippen molar-refractivity contribution in [1.29, 1.82) is 0 Å². The molecule has 5 heteroatoms. The molecule has 0 bridgehead atoms. The van der Waals surface area contributed by atoms with Crippen LogP contribution in [0.1, 0.15) is 5.56 Å². The van der Waals surface area contributed by atoms with Crippen LogP contribution in [0.15, 0.2) is 18.2 Å². The van der Waals surface area contributed by atoms with Gasteiger partial charge >= 0.3 is 0 Å². The molecule has 0 heterocycles. The van der Waals surface area contributed by atoms with Crippen LogP contribution in [-0.4, -0.2) is 36.6 Å². The maximum atomic E-state index is 9.15. The smallest absolute Gasteiger partial charge is 0.161 e. The van der Waals surface area contributed by atoms with Crippen LogP contribution in [0.5, 0.6) is 11.5 Å². The number of hydrogen-bond donors (Lipinski definition) is 3. The third-order valence-corrected chi connectivity index (χ3v) is 2.11. The van der Waals surface area contributed by atoms with Gasteiger partial charge in [0.25, 0.3) is 0 Å². The van der Waals surface area contributed by atoms with Crippen molar-refractivity contribution in [3.8, 4) is 11.5 Å². The minimum atomic E-state index is -0.890. The third kappa shape index (κ3) is 3.37. The Labute approximate surface area is 94.4 Å². The molecular weight excluding hydrogens is 210 g/mol. The molecule has 0 amide bonds. The Kier molecular flexibility index (Phi) is 5.04. The molecule has 0 aliphatic rings. The summed E-state index contributed by atoms with van der Waals surface area (Å²) in [5, 5.41) is 17.8. The molecule has 0 saturated heterocycles. The van der Waals surface area contributed by atoms with Crippen molar-refractivity contribution in [2.24, 2.45) is 5.73 Å². The molecule has 0 aromatic heterocycles. The Morgan fingerprint density at radius 2 is 2.12 bits per heavy atom. The van der Waals surface area contributed by atoms with E-state index in [4.69, 9.17) is 25.4 Å². The fraction of sp³-hybridized carbons (Fsp3) is 0.455. The highest BCUT2D eigenvalue weighted by molar-refractivity contribution is 5.42. The lowest BCUT2D eigenvalue weighted by molar-refractivity contribution is 0.0527. The molecule has 90 valence electrons. The Bertz CT molecular complexity index is 330.